The summed E-state index contributed by atoms with van der Waals surface area (Å²) in [5.74, 6) is -0.202. The van der Waals surface area contributed by atoms with Crippen molar-refractivity contribution in [3.8, 4) is 0 Å². The third kappa shape index (κ3) is 4.93. The van der Waals surface area contributed by atoms with Gasteiger partial charge in [0.2, 0.25) is 15.9 Å². The predicted molar refractivity (Wildman–Crippen MR) is 125 cm³/mol. The van der Waals surface area contributed by atoms with Gasteiger partial charge in [-0.2, -0.15) is 0 Å². The molecule has 168 valence electrons. The Balaban J connectivity index is 1.53. The predicted octanol–water partition coefficient (Wildman–Crippen LogP) is 3.06. The number of carbonyl (C=O) groups is 1. The molecule has 1 unspecified atom stereocenters. The van der Waals surface area contributed by atoms with Crippen LogP contribution in [0.5, 0.6) is 0 Å². The molecular weight excluding hydrogens is 424 g/mol. The summed E-state index contributed by atoms with van der Waals surface area (Å²) in [6, 6.07) is 18.5. The number of hydrogen-bond donors (Lipinski definition) is 2. The summed E-state index contributed by atoms with van der Waals surface area (Å²) in [5.41, 5.74) is 4.27. The van der Waals surface area contributed by atoms with Crippen LogP contribution in [0.15, 0.2) is 71.8 Å². The second-order valence-electron chi connectivity index (χ2n) is 8.11. The van der Waals surface area contributed by atoms with Gasteiger partial charge in [-0.1, -0.05) is 24.3 Å². The van der Waals surface area contributed by atoms with E-state index in [0.717, 1.165) is 25.2 Å². The van der Waals surface area contributed by atoms with Gasteiger partial charge in [-0.25, -0.2) is 13.1 Å². The Bertz CT molecular complexity index is 1200. The average molecular weight is 453 g/mol. The van der Waals surface area contributed by atoms with Crippen LogP contribution in [-0.2, 0) is 34.8 Å². The van der Waals surface area contributed by atoms with Crippen LogP contribution in [0.1, 0.15) is 29.8 Å². The molecule has 3 aromatic rings. The number of fused-ring (bicyclic) bond motifs is 1. The molecule has 0 bridgehead atoms. The SMILES string of the molecule is CC(=O)Nc1ccc(S(=O)(=O)NCC(c2cccn2C)N2CCc3ccccc3C2)cc1. The number of aryl methyl sites for hydroxylation is 1. The molecule has 1 aliphatic rings. The molecule has 0 aliphatic carbocycles. The van der Waals surface area contributed by atoms with Crippen molar-refractivity contribution in [2.45, 2.75) is 30.8 Å². The standard InChI is InChI=1S/C24H28N4O3S/c1-18(29)26-21-9-11-22(12-10-21)32(30,31)25-16-24(23-8-5-14-27(23)2)28-15-13-19-6-3-4-7-20(19)17-28/h3-12,14,24-25H,13,15-17H2,1-2H3,(H,26,29). The lowest BCUT2D eigenvalue weighted by molar-refractivity contribution is -0.114. The summed E-state index contributed by atoms with van der Waals surface area (Å²) in [7, 11) is -1.72. The smallest absolute Gasteiger partial charge is 0.240 e. The number of sulfonamides is 1. The van der Waals surface area contributed by atoms with Crippen LogP contribution in [0.2, 0.25) is 0 Å². The molecule has 32 heavy (non-hydrogen) atoms. The largest absolute Gasteiger partial charge is 0.353 e. The van der Waals surface area contributed by atoms with Gasteiger partial charge >= 0.3 is 0 Å². The molecule has 0 fully saturated rings. The van der Waals surface area contributed by atoms with E-state index >= 15 is 0 Å². The fourth-order valence-corrected chi connectivity index (χ4v) is 5.26. The van der Waals surface area contributed by atoms with E-state index in [9.17, 15) is 13.2 Å². The van der Waals surface area contributed by atoms with Gasteiger partial charge in [-0.3, -0.25) is 9.69 Å². The lowest BCUT2D eigenvalue weighted by Gasteiger charge is -2.36. The first-order chi connectivity index (χ1) is 15.3. The van der Waals surface area contributed by atoms with E-state index in [4.69, 9.17) is 0 Å². The van der Waals surface area contributed by atoms with Crippen LogP contribution in [0, 0.1) is 0 Å². The Hall–Kier alpha value is -2.94. The fraction of sp³-hybridized carbons (Fsp3) is 0.292. The zero-order valence-corrected chi connectivity index (χ0v) is 19.1. The van der Waals surface area contributed by atoms with E-state index in [2.05, 4.69) is 33.1 Å². The van der Waals surface area contributed by atoms with Gasteiger partial charge in [-0.15, -0.1) is 0 Å². The average Bonchev–Trinajstić information content (AvgIpc) is 3.19. The molecule has 2 heterocycles. The second-order valence-corrected chi connectivity index (χ2v) is 9.87. The number of carbonyl (C=O) groups excluding carboxylic acids is 1. The first-order valence-electron chi connectivity index (χ1n) is 10.6. The highest BCUT2D eigenvalue weighted by Crippen LogP contribution is 2.28. The van der Waals surface area contributed by atoms with Gasteiger partial charge in [0.1, 0.15) is 0 Å². The van der Waals surface area contributed by atoms with E-state index in [0.29, 0.717) is 5.69 Å². The van der Waals surface area contributed by atoms with E-state index in [-0.39, 0.29) is 23.4 Å². The van der Waals surface area contributed by atoms with E-state index < -0.39 is 10.0 Å². The topological polar surface area (TPSA) is 83.4 Å². The zero-order chi connectivity index (χ0) is 22.7. The minimum Gasteiger partial charge on any atom is -0.353 e. The Morgan fingerprint density at radius 2 is 1.75 bits per heavy atom. The molecule has 0 spiro atoms. The first-order valence-corrected chi connectivity index (χ1v) is 12.1. The number of rotatable bonds is 7. The van der Waals surface area contributed by atoms with Crippen molar-refractivity contribution in [1.82, 2.24) is 14.2 Å². The molecule has 1 amide bonds. The van der Waals surface area contributed by atoms with Crippen molar-refractivity contribution in [1.29, 1.82) is 0 Å². The number of nitrogens with zero attached hydrogens (tertiary/aromatic N) is 2. The summed E-state index contributed by atoms with van der Waals surface area (Å²) < 4.78 is 30.8. The molecule has 7 nitrogen and oxygen atoms in total. The second kappa shape index (κ2) is 9.28. The maximum atomic E-state index is 13.0. The van der Waals surface area contributed by atoms with Crippen molar-refractivity contribution >= 4 is 21.6 Å². The number of aromatic nitrogens is 1. The molecule has 1 aromatic heterocycles. The number of anilines is 1. The van der Waals surface area contributed by atoms with Crippen molar-refractivity contribution in [3.63, 3.8) is 0 Å². The molecule has 2 aromatic carbocycles. The van der Waals surface area contributed by atoms with Crippen LogP contribution in [-0.4, -0.2) is 36.9 Å². The third-order valence-corrected chi connectivity index (χ3v) is 7.32. The van der Waals surface area contributed by atoms with Crippen molar-refractivity contribution in [2.24, 2.45) is 7.05 Å². The normalized spacial score (nSPS) is 15.2. The van der Waals surface area contributed by atoms with Crippen LogP contribution in [0.3, 0.4) is 0 Å². The third-order valence-electron chi connectivity index (χ3n) is 5.88. The number of amides is 1. The summed E-state index contributed by atoms with van der Waals surface area (Å²) in [6.07, 6.45) is 2.92. The summed E-state index contributed by atoms with van der Waals surface area (Å²) >= 11 is 0. The first kappa shape index (κ1) is 22.3. The minimum atomic E-state index is -3.70. The van der Waals surface area contributed by atoms with Crippen LogP contribution >= 0.6 is 0 Å². The lowest BCUT2D eigenvalue weighted by Crippen LogP contribution is -2.41. The van der Waals surface area contributed by atoms with Crippen molar-refractivity contribution < 1.29 is 13.2 Å². The molecule has 4 rings (SSSR count). The van der Waals surface area contributed by atoms with Gasteiger partial charge in [0, 0.05) is 51.2 Å². The quantitative estimate of drug-likeness (QED) is 0.577. The molecule has 1 atom stereocenters. The Kier molecular flexibility index (Phi) is 6.45. The summed E-state index contributed by atoms with van der Waals surface area (Å²) in [4.78, 5) is 13.7. The van der Waals surface area contributed by atoms with Gasteiger partial charge in [0.25, 0.3) is 0 Å². The Morgan fingerprint density at radius 3 is 2.41 bits per heavy atom. The van der Waals surface area contributed by atoms with E-state index in [1.807, 2.05) is 36.0 Å². The zero-order valence-electron chi connectivity index (χ0n) is 18.3. The van der Waals surface area contributed by atoms with Crippen LogP contribution < -0.4 is 10.0 Å². The maximum absolute atomic E-state index is 13.0. The molecule has 1 aliphatic heterocycles. The van der Waals surface area contributed by atoms with Gasteiger partial charge in [0.05, 0.1) is 10.9 Å². The van der Waals surface area contributed by atoms with Gasteiger partial charge in [0.15, 0.2) is 0 Å². The maximum Gasteiger partial charge on any atom is 0.240 e. The molecule has 2 N–H and O–H groups in total. The highest BCUT2D eigenvalue weighted by Gasteiger charge is 2.28. The lowest BCUT2D eigenvalue weighted by atomic mass is 9.98. The highest BCUT2D eigenvalue weighted by molar-refractivity contribution is 7.89. The highest BCUT2D eigenvalue weighted by atomic mass is 32.2. The fourth-order valence-electron chi connectivity index (χ4n) is 4.22. The monoisotopic (exact) mass is 452 g/mol. The van der Waals surface area contributed by atoms with E-state index in [1.54, 1.807) is 12.1 Å². The van der Waals surface area contributed by atoms with Crippen LogP contribution in [0.4, 0.5) is 5.69 Å². The molecule has 0 saturated heterocycles. The van der Waals surface area contributed by atoms with E-state index in [1.165, 1.54) is 30.2 Å². The molecular formula is C24H28N4O3S. The van der Waals surface area contributed by atoms with Crippen LogP contribution in [0.25, 0.3) is 0 Å². The van der Waals surface area contributed by atoms with Gasteiger partial charge < -0.3 is 9.88 Å². The Morgan fingerprint density at radius 1 is 1.03 bits per heavy atom. The van der Waals surface area contributed by atoms with Gasteiger partial charge in [-0.05, 0) is 53.9 Å². The number of hydrogen-bond acceptors (Lipinski definition) is 4. The molecule has 0 radical (unpaired) electrons. The minimum absolute atomic E-state index is 0.100. The molecule has 0 saturated carbocycles. The Labute approximate surface area is 189 Å². The van der Waals surface area contributed by atoms with Crippen molar-refractivity contribution in [3.05, 3.63) is 83.7 Å². The van der Waals surface area contributed by atoms with Crippen molar-refractivity contribution in [2.75, 3.05) is 18.4 Å². The number of nitrogens with one attached hydrogen (secondary N) is 2. The molecule has 8 heteroatoms. The number of benzene rings is 2. The summed E-state index contributed by atoms with van der Waals surface area (Å²) in [6.45, 7) is 3.31. The summed E-state index contributed by atoms with van der Waals surface area (Å²) in [5, 5.41) is 2.65.